The van der Waals surface area contributed by atoms with Gasteiger partial charge in [0.15, 0.2) is 22.4 Å². The van der Waals surface area contributed by atoms with Gasteiger partial charge in [0, 0.05) is 0 Å². The predicted molar refractivity (Wildman–Crippen MR) is 136 cm³/mol. The number of para-hydroxylation sites is 3. The van der Waals surface area contributed by atoms with E-state index in [0.717, 1.165) is 17.8 Å². The fourth-order valence-electron chi connectivity index (χ4n) is 3.66. The molecule has 0 aliphatic carbocycles. The SMILES string of the molecule is O=C(CSC1=NC(=Cc2ccc3c(c2)OCO3)C(=O)N1c1ccccc1)Nc1ccccc1OC(F)(F)F. The summed E-state index contributed by atoms with van der Waals surface area (Å²) >= 11 is 0.966. The largest absolute Gasteiger partial charge is 0.573 e. The quantitative estimate of drug-likeness (QED) is 0.419. The first-order chi connectivity index (χ1) is 18.3. The topological polar surface area (TPSA) is 89.5 Å². The Morgan fingerprint density at radius 2 is 1.79 bits per heavy atom. The number of carbonyl (C=O) groups excluding carboxylic acids is 2. The maximum Gasteiger partial charge on any atom is 0.573 e. The molecule has 2 amide bonds. The zero-order valence-corrected chi connectivity index (χ0v) is 20.2. The second-order valence-corrected chi connectivity index (χ2v) is 8.84. The molecule has 38 heavy (non-hydrogen) atoms. The lowest BCUT2D eigenvalue weighted by Gasteiger charge is -2.18. The number of anilines is 2. The van der Waals surface area contributed by atoms with Crippen molar-refractivity contribution in [3.63, 3.8) is 0 Å². The number of thioether (sulfide) groups is 1. The van der Waals surface area contributed by atoms with Crippen molar-refractivity contribution in [3.8, 4) is 17.2 Å². The van der Waals surface area contributed by atoms with E-state index in [0.29, 0.717) is 22.7 Å². The Hall–Kier alpha value is -4.45. The first kappa shape index (κ1) is 25.2. The Morgan fingerprint density at radius 1 is 1.05 bits per heavy atom. The summed E-state index contributed by atoms with van der Waals surface area (Å²) in [4.78, 5) is 31.8. The molecular weight excluding hydrogens is 523 g/mol. The summed E-state index contributed by atoms with van der Waals surface area (Å²) in [6.07, 6.45) is -3.32. The maximum atomic E-state index is 13.3. The Bertz CT molecular complexity index is 1440. The zero-order valence-electron chi connectivity index (χ0n) is 19.4. The van der Waals surface area contributed by atoms with E-state index in [9.17, 15) is 22.8 Å². The van der Waals surface area contributed by atoms with E-state index in [4.69, 9.17) is 9.47 Å². The monoisotopic (exact) mass is 541 g/mol. The van der Waals surface area contributed by atoms with Crippen LogP contribution >= 0.6 is 11.8 Å². The molecule has 0 aromatic heterocycles. The van der Waals surface area contributed by atoms with E-state index < -0.39 is 23.9 Å². The molecular formula is C26H18F3N3O5S. The van der Waals surface area contributed by atoms with E-state index in [1.54, 1.807) is 54.6 Å². The number of alkyl halides is 3. The number of carbonyl (C=O) groups is 2. The molecule has 0 bridgehead atoms. The van der Waals surface area contributed by atoms with Crippen molar-refractivity contribution in [2.45, 2.75) is 6.36 Å². The van der Waals surface area contributed by atoms with Gasteiger partial charge in [-0.2, -0.15) is 0 Å². The third-order valence-corrected chi connectivity index (χ3v) is 6.20. The summed E-state index contributed by atoms with van der Waals surface area (Å²) < 4.78 is 52.8. The Morgan fingerprint density at radius 3 is 2.58 bits per heavy atom. The molecule has 1 N–H and O–H groups in total. The number of amidine groups is 1. The lowest BCUT2D eigenvalue weighted by molar-refractivity contribution is -0.274. The van der Waals surface area contributed by atoms with E-state index in [1.807, 2.05) is 0 Å². The highest BCUT2D eigenvalue weighted by atomic mass is 32.2. The smallest absolute Gasteiger partial charge is 0.454 e. The van der Waals surface area contributed by atoms with Crippen LogP contribution in [0.1, 0.15) is 5.56 Å². The maximum absolute atomic E-state index is 13.3. The van der Waals surface area contributed by atoms with Crippen LogP contribution in [0.15, 0.2) is 83.5 Å². The molecule has 0 radical (unpaired) electrons. The lowest BCUT2D eigenvalue weighted by Crippen LogP contribution is -2.31. The van der Waals surface area contributed by atoms with E-state index in [-0.39, 0.29) is 29.1 Å². The average molecular weight is 542 g/mol. The minimum Gasteiger partial charge on any atom is -0.454 e. The molecule has 3 aromatic carbocycles. The van der Waals surface area contributed by atoms with Gasteiger partial charge in [-0.25, -0.2) is 4.99 Å². The molecule has 0 saturated carbocycles. The van der Waals surface area contributed by atoms with Crippen LogP contribution < -0.4 is 24.4 Å². The minimum atomic E-state index is -4.91. The van der Waals surface area contributed by atoms with Crippen LogP contribution in [-0.4, -0.2) is 35.9 Å². The second kappa shape index (κ2) is 10.5. The van der Waals surface area contributed by atoms with Gasteiger partial charge in [0.2, 0.25) is 12.7 Å². The number of fused-ring (bicyclic) bond motifs is 1. The van der Waals surface area contributed by atoms with E-state index in [1.165, 1.54) is 23.1 Å². The Labute approximate surface area is 218 Å². The number of amides is 2. The van der Waals surface area contributed by atoms with E-state index >= 15 is 0 Å². The molecule has 0 fully saturated rings. The normalized spacial score (nSPS) is 15.6. The summed E-state index contributed by atoms with van der Waals surface area (Å²) in [5, 5.41) is 2.65. The highest BCUT2D eigenvalue weighted by Gasteiger charge is 2.34. The summed E-state index contributed by atoms with van der Waals surface area (Å²) in [7, 11) is 0. The van der Waals surface area contributed by atoms with Crippen LogP contribution in [0.25, 0.3) is 6.08 Å². The van der Waals surface area contributed by atoms with Crippen molar-refractivity contribution < 1.29 is 37.0 Å². The molecule has 0 spiro atoms. The number of benzene rings is 3. The van der Waals surface area contributed by atoms with Gasteiger partial charge in [0.25, 0.3) is 5.91 Å². The third-order valence-electron chi connectivity index (χ3n) is 5.26. The molecule has 2 heterocycles. The number of hydrogen-bond acceptors (Lipinski definition) is 7. The van der Waals surface area contributed by atoms with E-state index in [2.05, 4.69) is 15.0 Å². The van der Waals surface area contributed by atoms with Crippen LogP contribution in [0, 0.1) is 0 Å². The van der Waals surface area contributed by atoms with Crippen molar-refractivity contribution in [2.75, 3.05) is 22.8 Å². The standard InChI is InChI=1S/C26H18F3N3O5S/c27-26(28,29)37-20-9-5-4-8-18(20)30-23(33)14-38-25-31-19(24(34)32(25)17-6-2-1-3-7-17)12-16-10-11-21-22(13-16)36-15-35-21/h1-13H,14-15H2,(H,30,33). The van der Waals surface area contributed by atoms with Gasteiger partial charge in [-0.3, -0.25) is 14.5 Å². The number of halogens is 3. The number of hydrogen-bond donors (Lipinski definition) is 1. The molecule has 0 atom stereocenters. The van der Waals surface area contributed by atoms with Gasteiger partial charge >= 0.3 is 6.36 Å². The van der Waals surface area contributed by atoms with Crippen molar-refractivity contribution in [1.29, 1.82) is 0 Å². The summed E-state index contributed by atoms with van der Waals surface area (Å²) in [5.74, 6) is -0.622. The number of rotatable bonds is 6. The Balaban J connectivity index is 1.35. The van der Waals surface area contributed by atoms with Gasteiger partial charge in [-0.05, 0) is 48.0 Å². The molecule has 8 nitrogen and oxygen atoms in total. The van der Waals surface area contributed by atoms with Gasteiger partial charge in [0.05, 0.1) is 17.1 Å². The van der Waals surface area contributed by atoms with Gasteiger partial charge in [-0.1, -0.05) is 48.2 Å². The van der Waals surface area contributed by atoms with Crippen LogP contribution in [0.3, 0.4) is 0 Å². The number of aliphatic imine (C=N–C) groups is 1. The van der Waals surface area contributed by atoms with Crippen LogP contribution in [0.2, 0.25) is 0 Å². The molecule has 194 valence electrons. The first-order valence-corrected chi connectivity index (χ1v) is 12.1. The van der Waals surface area contributed by atoms with Crippen molar-refractivity contribution in [2.24, 2.45) is 4.99 Å². The molecule has 3 aromatic rings. The first-order valence-electron chi connectivity index (χ1n) is 11.1. The Kier molecular flexibility index (Phi) is 6.97. The summed E-state index contributed by atoms with van der Waals surface area (Å²) in [6.45, 7) is 0.115. The van der Waals surface area contributed by atoms with Crippen LogP contribution in [0.4, 0.5) is 24.5 Å². The second-order valence-electron chi connectivity index (χ2n) is 7.89. The van der Waals surface area contributed by atoms with Crippen LogP contribution in [0.5, 0.6) is 17.2 Å². The number of nitrogens with zero attached hydrogens (tertiary/aromatic N) is 2. The molecule has 0 saturated heterocycles. The van der Waals surface area contributed by atoms with Crippen LogP contribution in [-0.2, 0) is 9.59 Å². The summed E-state index contributed by atoms with van der Waals surface area (Å²) in [6, 6.07) is 19.2. The van der Waals surface area contributed by atoms with Gasteiger partial charge in [0.1, 0.15) is 5.70 Å². The molecule has 0 unspecified atom stereocenters. The third kappa shape index (κ3) is 5.75. The molecule has 2 aliphatic heterocycles. The molecule has 5 rings (SSSR count). The molecule has 2 aliphatic rings. The highest BCUT2D eigenvalue weighted by molar-refractivity contribution is 8.14. The summed E-state index contributed by atoms with van der Waals surface area (Å²) in [5.41, 5.74) is 1.21. The fraction of sp³-hybridized carbons (Fsp3) is 0.115. The van der Waals surface area contributed by atoms with Gasteiger partial charge in [-0.15, -0.1) is 13.2 Å². The minimum absolute atomic E-state index is 0.115. The van der Waals surface area contributed by atoms with Crippen molar-refractivity contribution >= 4 is 46.2 Å². The van der Waals surface area contributed by atoms with Crippen molar-refractivity contribution in [3.05, 3.63) is 84.1 Å². The zero-order chi connectivity index (χ0) is 26.7. The fourth-order valence-corrected chi connectivity index (χ4v) is 4.47. The number of ether oxygens (including phenoxy) is 3. The van der Waals surface area contributed by atoms with Crippen molar-refractivity contribution in [1.82, 2.24) is 0 Å². The lowest BCUT2D eigenvalue weighted by atomic mass is 10.1. The predicted octanol–water partition coefficient (Wildman–Crippen LogP) is 5.43. The number of nitrogens with one attached hydrogen (secondary N) is 1. The molecule has 12 heteroatoms. The van der Waals surface area contributed by atoms with Gasteiger partial charge < -0.3 is 19.5 Å². The highest BCUT2D eigenvalue weighted by Crippen LogP contribution is 2.35. The average Bonchev–Trinajstić information content (AvgIpc) is 3.47.